The van der Waals surface area contributed by atoms with Crippen LogP contribution in [0.4, 0.5) is 0 Å². The first kappa shape index (κ1) is 64.1. The molecule has 68 heavy (non-hydrogen) atoms. The molecule has 1 heterocycles. The fourth-order valence-electron chi connectivity index (χ4n) is 8.33. The summed E-state index contributed by atoms with van der Waals surface area (Å²) in [4.78, 5) is 12.9. The van der Waals surface area contributed by atoms with E-state index in [0.717, 1.165) is 64.2 Å². The molecule has 1 fully saturated rings. The Morgan fingerprint density at radius 1 is 0.574 bits per heavy atom. The molecular formula is C55H100O12S. The van der Waals surface area contributed by atoms with Crippen molar-refractivity contribution in [3.8, 4) is 0 Å². The highest BCUT2D eigenvalue weighted by atomic mass is 32.3. The van der Waals surface area contributed by atoms with Crippen LogP contribution in [0.25, 0.3) is 0 Å². The number of ether oxygens (including phenoxy) is 4. The molecule has 0 aromatic carbocycles. The molecule has 0 aromatic rings. The average molecular weight is 985 g/mol. The molecule has 13 heteroatoms. The molecule has 1 rings (SSSR count). The van der Waals surface area contributed by atoms with Gasteiger partial charge in [-0.2, -0.15) is 8.42 Å². The number of allylic oxidation sites excluding steroid dienone is 8. The number of aliphatic hydroxyl groups is 3. The van der Waals surface area contributed by atoms with Gasteiger partial charge in [-0.05, 0) is 70.6 Å². The summed E-state index contributed by atoms with van der Waals surface area (Å²) in [6.07, 6.45) is 48.6. The average Bonchev–Trinajstić information content (AvgIpc) is 3.31. The minimum atomic E-state index is -5.07. The van der Waals surface area contributed by atoms with E-state index in [9.17, 15) is 33.1 Å². The molecular weight excluding hydrogens is 885 g/mol. The van der Waals surface area contributed by atoms with Gasteiger partial charge in [0.05, 0.1) is 19.8 Å². The molecule has 4 N–H and O–H groups in total. The molecule has 398 valence electrons. The van der Waals surface area contributed by atoms with Gasteiger partial charge in [-0.25, -0.2) is 4.18 Å². The van der Waals surface area contributed by atoms with Gasteiger partial charge in [-0.3, -0.25) is 9.35 Å². The summed E-state index contributed by atoms with van der Waals surface area (Å²) >= 11 is 0. The van der Waals surface area contributed by atoms with Crippen LogP contribution in [0.5, 0.6) is 0 Å². The summed E-state index contributed by atoms with van der Waals surface area (Å²) in [5.74, 6) is -0.401. The van der Waals surface area contributed by atoms with Crippen molar-refractivity contribution in [2.45, 2.75) is 269 Å². The third-order valence-electron chi connectivity index (χ3n) is 12.4. The molecule has 0 radical (unpaired) electrons. The van der Waals surface area contributed by atoms with E-state index in [0.29, 0.717) is 13.0 Å². The van der Waals surface area contributed by atoms with Gasteiger partial charge in [0.1, 0.15) is 30.5 Å². The van der Waals surface area contributed by atoms with E-state index in [2.05, 4.69) is 66.6 Å². The Kier molecular flexibility index (Phi) is 43.5. The van der Waals surface area contributed by atoms with Gasteiger partial charge in [0.15, 0.2) is 6.29 Å². The van der Waals surface area contributed by atoms with Crippen molar-refractivity contribution in [3.05, 3.63) is 48.6 Å². The number of rotatable bonds is 48. The van der Waals surface area contributed by atoms with Crippen LogP contribution >= 0.6 is 0 Å². The third-order valence-corrected chi connectivity index (χ3v) is 12.9. The van der Waals surface area contributed by atoms with Crippen molar-refractivity contribution >= 4 is 16.4 Å². The molecule has 6 unspecified atom stereocenters. The van der Waals surface area contributed by atoms with Crippen LogP contribution in [0.1, 0.15) is 232 Å². The molecule has 0 bridgehead atoms. The van der Waals surface area contributed by atoms with Crippen LogP contribution in [-0.4, -0.2) is 97.5 Å². The summed E-state index contributed by atoms with van der Waals surface area (Å²) in [6, 6.07) is 0. The topological polar surface area (TPSA) is 178 Å². The lowest BCUT2D eigenvalue weighted by atomic mass is 9.99. The van der Waals surface area contributed by atoms with Gasteiger partial charge in [0.25, 0.3) is 0 Å². The van der Waals surface area contributed by atoms with E-state index in [1.165, 1.54) is 141 Å². The highest BCUT2D eigenvalue weighted by Crippen LogP contribution is 2.26. The molecule has 12 nitrogen and oxygen atoms in total. The zero-order valence-electron chi connectivity index (χ0n) is 42.9. The van der Waals surface area contributed by atoms with E-state index < -0.39 is 59.8 Å². The fourth-order valence-corrected chi connectivity index (χ4v) is 8.84. The van der Waals surface area contributed by atoms with Crippen LogP contribution in [0.3, 0.4) is 0 Å². The fraction of sp³-hybridized carbons (Fsp3) is 0.836. The Morgan fingerprint density at radius 2 is 1.01 bits per heavy atom. The van der Waals surface area contributed by atoms with E-state index in [4.69, 9.17) is 18.9 Å². The maximum absolute atomic E-state index is 12.9. The molecule has 1 aliphatic rings. The molecule has 0 spiro atoms. The number of carbonyl (C=O) groups is 1. The lowest BCUT2D eigenvalue weighted by molar-refractivity contribution is -0.301. The maximum Gasteiger partial charge on any atom is 0.397 e. The first-order valence-electron chi connectivity index (χ1n) is 27.4. The van der Waals surface area contributed by atoms with Gasteiger partial charge in [-0.1, -0.05) is 204 Å². The quantitative estimate of drug-likeness (QED) is 0.0197. The second kappa shape index (κ2) is 46.2. The smallest absolute Gasteiger partial charge is 0.397 e. The van der Waals surface area contributed by atoms with Crippen molar-refractivity contribution in [1.29, 1.82) is 0 Å². The summed E-state index contributed by atoms with van der Waals surface area (Å²) in [5, 5.41) is 30.8. The van der Waals surface area contributed by atoms with Crippen LogP contribution in [0.15, 0.2) is 48.6 Å². The highest BCUT2D eigenvalue weighted by Gasteiger charge is 2.48. The summed E-state index contributed by atoms with van der Waals surface area (Å²) in [6.45, 7) is 3.89. The lowest BCUT2D eigenvalue weighted by Gasteiger charge is -2.41. The van der Waals surface area contributed by atoms with Gasteiger partial charge in [-0.15, -0.1) is 0 Å². The largest absolute Gasteiger partial charge is 0.457 e. The number of esters is 1. The second-order valence-corrected chi connectivity index (χ2v) is 19.8. The van der Waals surface area contributed by atoms with Crippen molar-refractivity contribution in [1.82, 2.24) is 0 Å². The van der Waals surface area contributed by atoms with Crippen LogP contribution < -0.4 is 0 Å². The molecule has 0 amide bonds. The number of unbranched alkanes of at least 4 members (excludes halogenated alkanes) is 27. The van der Waals surface area contributed by atoms with Crippen molar-refractivity contribution in [2.24, 2.45) is 0 Å². The van der Waals surface area contributed by atoms with E-state index in [-0.39, 0.29) is 19.6 Å². The Bertz CT molecular complexity index is 1370. The minimum absolute atomic E-state index is 0.0308. The van der Waals surface area contributed by atoms with Gasteiger partial charge < -0.3 is 34.3 Å². The molecule has 6 atom stereocenters. The molecule has 1 saturated heterocycles. The predicted molar refractivity (Wildman–Crippen MR) is 276 cm³/mol. The second-order valence-electron chi connectivity index (χ2n) is 18.8. The van der Waals surface area contributed by atoms with Crippen molar-refractivity contribution < 1.29 is 56.2 Å². The Labute approximate surface area is 415 Å². The highest BCUT2D eigenvalue weighted by molar-refractivity contribution is 7.80. The number of hydrogen-bond donors (Lipinski definition) is 4. The van der Waals surface area contributed by atoms with E-state index in [1.807, 2.05) is 0 Å². The standard InChI is InChI=1S/C55H100O12S/c1-3-5-7-9-11-13-15-17-19-21-23-24-25-26-27-28-30-32-34-36-38-40-42-44-51(57)65-49(48-64-55-53(59)54(67-68(60,61)62)52(58)50(46-56)66-55)47-63-45-43-41-39-37-35-33-31-29-22-20-18-16-14-12-10-8-6-4-2/h6,8,12,14,18,20-21,23,49-50,52-56,58-59H,3-5,7,9-11,13,15-17,19,22,24-48H2,1-2H3,(H,60,61,62)/b8-6-,14-12-,20-18-,23-21-. The normalized spacial score (nSPS) is 19.6. The lowest BCUT2D eigenvalue weighted by Crippen LogP contribution is -2.60. The first-order chi connectivity index (χ1) is 33.1. The van der Waals surface area contributed by atoms with Gasteiger partial charge in [0.2, 0.25) is 0 Å². The summed E-state index contributed by atoms with van der Waals surface area (Å²) in [7, 11) is -5.07. The van der Waals surface area contributed by atoms with Gasteiger partial charge >= 0.3 is 16.4 Å². The van der Waals surface area contributed by atoms with Crippen LogP contribution in [-0.2, 0) is 38.3 Å². The molecule has 0 aliphatic carbocycles. The minimum Gasteiger partial charge on any atom is -0.457 e. The third kappa shape index (κ3) is 38.8. The van der Waals surface area contributed by atoms with E-state index in [1.54, 1.807) is 0 Å². The number of hydrogen-bond acceptors (Lipinski definition) is 11. The van der Waals surface area contributed by atoms with Crippen molar-refractivity contribution in [3.63, 3.8) is 0 Å². The molecule has 0 saturated carbocycles. The van der Waals surface area contributed by atoms with E-state index >= 15 is 0 Å². The summed E-state index contributed by atoms with van der Waals surface area (Å²) in [5.41, 5.74) is 0. The van der Waals surface area contributed by atoms with Gasteiger partial charge in [0, 0.05) is 13.0 Å². The predicted octanol–water partition coefficient (Wildman–Crippen LogP) is 13.1. The summed E-state index contributed by atoms with van der Waals surface area (Å²) < 4.78 is 59.3. The molecule has 0 aromatic heterocycles. The Hall–Kier alpha value is -1.94. The zero-order valence-corrected chi connectivity index (χ0v) is 43.7. The molecule has 1 aliphatic heterocycles. The SMILES string of the molecule is CC/C=C\C/C=C\C/C=C\CCCCCCCCCCOCC(COC1OC(CO)C(O)C(OS(=O)(=O)O)C1O)OC(=O)CCCCCCCCCCCCC/C=C\CCCCCCCCCC. The zero-order chi connectivity index (χ0) is 49.6. The Morgan fingerprint density at radius 3 is 1.50 bits per heavy atom. The van der Waals surface area contributed by atoms with Crippen molar-refractivity contribution in [2.75, 3.05) is 26.4 Å². The number of aliphatic hydroxyl groups excluding tert-OH is 3. The Balaban J connectivity index is 2.32. The first-order valence-corrected chi connectivity index (χ1v) is 28.8. The monoisotopic (exact) mass is 985 g/mol. The number of carbonyl (C=O) groups excluding carboxylic acids is 1. The maximum atomic E-state index is 12.9. The van der Waals surface area contributed by atoms with Crippen LogP contribution in [0.2, 0.25) is 0 Å². The van der Waals surface area contributed by atoms with Crippen LogP contribution in [0, 0.1) is 0 Å².